The van der Waals surface area contributed by atoms with Gasteiger partial charge in [-0.2, -0.15) is 0 Å². The van der Waals surface area contributed by atoms with Gasteiger partial charge in [0.05, 0.1) is 17.0 Å². The van der Waals surface area contributed by atoms with Crippen LogP contribution in [0.5, 0.6) is 0 Å². The zero-order chi connectivity index (χ0) is 13.1. The van der Waals surface area contributed by atoms with Crippen LogP contribution >= 0.6 is 0 Å². The van der Waals surface area contributed by atoms with E-state index in [0.29, 0.717) is 22.2 Å². The number of carbonyl (C=O) groups is 1. The monoisotopic (exact) mass is 245 g/mol. The average molecular weight is 245 g/mol. The molecular formula is C12H11N3O3. The summed E-state index contributed by atoms with van der Waals surface area (Å²) in [6, 6.07) is 4.83. The van der Waals surface area contributed by atoms with Crippen LogP contribution in [0.15, 0.2) is 24.4 Å². The molecule has 6 heteroatoms. The number of benzene rings is 1. The first-order chi connectivity index (χ1) is 8.63. The van der Waals surface area contributed by atoms with Gasteiger partial charge in [-0.3, -0.25) is 15.1 Å². The van der Waals surface area contributed by atoms with E-state index in [0.717, 1.165) is 6.29 Å². The summed E-state index contributed by atoms with van der Waals surface area (Å²) in [5, 5.41) is 14.4. The summed E-state index contributed by atoms with van der Waals surface area (Å²) in [4.78, 5) is 25.0. The molecule has 0 amide bonds. The quantitative estimate of drug-likeness (QED) is 0.506. The lowest BCUT2D eigenvalue weighted by atomic mass is 10.1. The molecule has 92 valence electrons. The van der Waals surface area contributed by atoms with Crippen LogP contribution in [0.3, 0.4) is 0 Å². The molecule has 1 N–H and O–H groups in total. The lowest BCUT2D eigenvalue weighted by Gasteiger charge is -2.07. The highest BCUT2D eigenvalue weighted by Gasteiger charge is 2.13. The van der Waals surface area contributed by atoms with Crippen LogP contribution in [-0.2, 0) is 4.79 Å². The van der Waals surface area contributed by atoms with Gasteiger partial charge < -0.3 is 10.1 Å². The van der Waals surface area contributed by atoms with Crippen LogP contribution in [0.1, 0.15) is 5.56 Å². The summed E-state index contributed by atoms with van der Waals surface area (Å²) in [6.07, 6.45) is 2.33. The number of hydrogen-bond donors (Lipinski definition) is 1. The highest BCUT2D eigenvalue weighted by molar-refractivity contribution is 5.93. The molecule has 1 aromatic carbocycles. The average Bonchev–Trinajstić information content (AvgIpc) is 2.34. The summed E-state index contributed by atoms with van der Waals surface area (Å²) >= 11 is 0. The molecule has 0 atom stereocenters. The summed E-state index contributed by atoms with van der Waals surface area (Å²) in [5.74, 6) is 0. The second-order valence-corrected chi connectivity index (χ2v) is 3.82. The summed E-state index contributed by atoms with van der Waals surface area (Å²) in [5.41, 5.74) is 1.93. The fourth-order valence-corrected chi connectivity index (χ4v) is 1.79. The molecular weight excluding hydrogens is 234 g/mol. The number of aromatic nitrogens is 1. The number of nitro benzene ring substituents is 1. The minimum atomic E-state index is -0.425. The van der Waals surface area contributed by atoms with E-state index in [1.807, 2.05) is 0 Å². The number of carbonyl (C=O) groups excluding carboxylic acids is 1. The van der Waals surface area contributed by atoms with Gasteiger partial charge in [0.25, 0.3) is 5.69 Å². The third-order valence-electron chi connectivity index (χ3n) is 2.63. The highest BCUT2D eigenvalue weighted by atomic mass is 16.6. The van der Waals surface area contributed by atoms with Gasteiger partial charge in [-0.15, -0.1) is 0 Å². The summed E-state index contributed by atoms with van der Waals surface area (Å²) in [7, 11) is 0. The lowest BCUT2D eigenvalue weighted by molar-refractivity contribution is -0.385. The number of nitrogens with zero attached hydrogens (tertiary/aromatic N) is 2. The Labute approximate surface area is 103 Å². The van der Waals surface area contributed by atoms with Gasteiger partial charge in [-0.1, -0.05) is 0 Å². The van der Waals surface area contributed by atoms with Crippen molar-refractivity contribution in [1.29, 1.82) is 0 Å². The number of rotatable bonds is 4. The molecule has 0 aliphatic heterocycles. The molecule has 0 radical (unpaired) electrons. The van der Waals surface area contributed by atoms with Crippen molar-refractivity contribution in [3.8, 4) is 0 Å². The predicted molar refractivity (Wildman–Crippen MR) is 67.7 cm³/mol. The Morgan fingerprint density at radius 2 is 2.28 bits per heavy atom. The number of nitro groups is 1. The summed E-state index contributed by atoms with van der Waals surface area (Å²) in [6.45, 7) is 1.82. The van der Waals surface area contributed by atoms with Crippen LogP contribution in [0.2, 0.25) is 0 Å². The standard InChI is InChI=1S/C12H11N3O3/c1-8-6-11-9(7-12(8)15(17)18)10(2-3-13-11)14-4-5-16/h2-3,5-7H,4H2,1H3,(H,13,14). The Kier molecular flexibility index (Phi) is 3.18. The number of pyridine rings is 1. The Morgan fingerprint density at radius 1 is 1.50 bits per heavy atom. The first kappa shape index (κ1) is 12.0. The van der Waals surface area contributed by atoms with Crippen LogP contribution in [-0.4, -0.2) is 22.7 Å². The molecule has 0 fully saturated rings. The second kappa shape index (κ2) is 4.79. The van der Waals surface area contributed by atoms with Gasteiger partial charge in [-0.05, 0) is 19.1 Å². The van der Waals surface area contributed by atoms with Gasteiger partial charge in [0.1, 0.15) is 6.29 Å². The molecule has 0 saturated carbocycles. The molecule has 1 heterocycles. The van der Waals surface area contributed by atoms with Gasteiger partial charge in [0.2, 0.25) is 0 Å². The SMILES string of the molecule is Cc1cc2nccc(NCC=O)c2cc1[N+](=O)[O-]. The minimum Gasteiger partial charge on any atom is -0.378 e. The number of nitrogens with one attached hydrogen (secondary N) is 1. The van der Waals surface area contributed by atoms with Crippen LogP contribution in [0.4, 0.5) is 11.4 Å². The maximum atomic E-state index is 10.9. The zero-order valence-electron chi connectivity index (χ0n) is 9.71. The first-order valence-electron chi connectivity index (χ1n) is 5.34. The van der Waals surface area contributed by atoms with Gasteiger partial charge in [0, 0.05) is 28.9 Å². The van der Waals surface area contributed by atoms with Crippen LogP contribution < -0.4 is 5.32 Å². The fourth-order valence-electron chi connectivity index (χ4n) is 1.79. The van der Waals surface area contributed by atoms with Crippen molar-refractivity contribution in [2.24, 2.45) is 0 Å². The van der Waals surface area contributed by atoms with E-state index in [2.05, 4.69) is 10.3 Å². The predicted octanol–water partition coefficient (Wildman–Crippen LogP) is 2.06. The van der Waals surface area contributed by atoms with Gasteiger partial charge in [0.15, 0.2) is 0 Å². The Bertz CT molecular complexity index is 625. The third-order valence-corrected chi connectivity index (χ3v) is 2.63. The summed E-state index contributed by atoms with van der Waals surface area (Å²) < 4.78 is 0. The maximum Gasteiger partial charge on any atom is 0.273 e. The van der Waals surface area contributed by atoms with Crippen molar-refractivity contribution in [3.63, 3.8) is 0 Å². The van der Waals surface area contributed by atoms with E-state index >= 15 is 0 Å². The molecule has 0 unspecified atom stereocenters. The van der Waals surface area contributed by atoms with Crippen molar-refractivity contribution in [3.05, 3.63) is 40.1 Å². The van der Waals surface area contributed by atoms with Crippen LogP contribution in [0.25, 0.3) is 10.9 Å². The van der Waals surface area contributed by atoms with Crippen molar-refractivity contribution in [1.82, 2.24) is 4.98 Å². The number of hydrogen-bond acceptors (Lipinski definition) is 5. The molecule has 2 aromatic rings. The molecule has 2 rings (SSSR count). The third kappa shape index (κ3) is 2.13. The number of aryl methyl sites for hydroxylation is 1. The number of aldehydes is 1. The van der Waals surface area contributed by atoms with E-state index in [-0.39, 0.29) is 12.2 Å². The lowest BCUT2D eigenvalue weighted by Crippen LogP contribution is -2.03. The highest BCUT2D eigenvalue weighted by Crippen LogP contribution is 2.28. The van der Waals surface area contributed by atoms with Crippen molar-refractivity contribution >= 4 is 28.6 Å². The van der Waals surface area contributed by atoms with Gasteiger partial charge >= 0.3 is 0 Å². The van der Waals surface area contributed by atoms with E-state index in [1.54, 1.807) is 25.3 Å². The molecule has 18 heavy (non-hydrogen) atoms. The van der Waals surface area contributed by atoms with Crippen molar-refractivity contribution in [2.75, 3.05) is 11.9 Å². The van der Waals surface area contributed by atoms with E-state index < -0.39 is 4.92 Å². The molecule has 0 spiro atoms. The topological polar surface area (TPSA) is 85.1 Å². The van der Waals surface area contributed by atoms with Crippen molar-refractivity contribution < 1.29 is 9.72 Å². The molecule has 0 bridgehead atoms. The number of fused-ring (bicyclic) bond motifs is 1. The van der Waals surface area contributed by atoms with Crippen molar-refractivity contribution in [2.45, 2.75) is 6.92 Å². The maximum absolute atomic E-state index is 10.9. The molecule has 0 aliphatic carbocycles. The van der Waals surface area contributed by atoms with E-state index in [1.165, 1.54) is 6.07 Å². The van der Waals surface area contributed by atoms with E-state index in [4.69, 9.17) is 0 Å². The zero-order valence-corrected chi connectivity index (χ0v) is 9.71. The van der Waals surface area contributed by atoms with E-state index in [9.17, 15) is 14.9 Å². The molecule has 0 aliphatic rings. The van der Waals surface area contributed by atoms with Crippen LogP contribution in [0, 0.1) is 17.0 Å². The molecule has 1 aromatic heterocycles. The molecule has 6 nitrogen and oxygen atoms in total. The second-order valence-electron chi connectivity index (χ2n) is 3.82. The largest absolute Gasteiger partial charge is 0.378 e. The fraction of sp³-hybridized carbons (Fsp3) is 0.167. The minimum absolute atomic E-state index is 0.0460. The normalized spacial score (nSPS) is 10.3. The first-order valence-corrected chi connectivity index (χ1v) is 5.34. The Balaban J connectivity index is 2.63. The van der Waals surface area contributed by atoms with Gasteiger partial charge in [-0.25, -0.2) is 0 Å². The molecule has 0 saturated heterocycles. The number of anilines is 1. The Morgan fingerprint density at radius 3 is 2.94 bits per heavy atom. The smallest absolute Gasteiger partial charge is 0.273 e. The Hall–Kier alpha value is -2.50.